The van der Waals surface area contributed by atoms with Crippen molar-refractivity contribution in [3.05, 3.63) is 78.4 Å². The van der Waals surface area contributed by atoms with E-state index in [-0.39, 0.29) is 29.6 Å². The summed E-state index contributed by atoms with van der Waals surface area (Å²) < 4.78 is 37.6. The van der Waals surface area contributed by atoms with Gasteiger partial charge in [-0.3, -0.25) is 34.3 Å². The van der Waals surface area contributed by atoms with Gasteiger partial charge in [0.25, 0.3) is 0 Å². The molecule has 7 heterocycles. The molecule has 642 valence electrons. The number of tetrazole rings is 1. The van der Waals surface area contributed by atoms with Gasteiger partial charge in [0.05, 0.1) is 34.5 Å². The number of carbonyl (C=O) groups is 3. The van der Waals surface area contributed by atoms with Crippen molar-refractivity contribution in [2.75, 3.05) is 25.2 Å². The maximum Gasteiger partial charge on any atom is 0.306 e. The molecule has 29 heteroatoms. The molecule has 25 nitrogen and oxygen atoms in total. The van der Waals surface area contributed by atoms with E-state index in [1.165, 1.54) is 258 Å². The van der Waals surface area contributed by atoms with Crippen LogP contribution in [-0.4, -0.2) is 116 Å². The molecule has 0 unspecified atom stereocenters. The number of rotatable bonds is 11. The SMILES string of the molecule is C1CCC(c2nn[nH]n2)CC1.C=C1CN=C(C2CCCCC2)S1.C=C1COC(C2CCCCC2)=N1.C=C1CSC(C2CCCCC2)=N1.C=C1N=C(C2CCCCC2)NO1.C=C1N=C(C2CCCCC2)NS1.C=C1NN=C(C2CCCCC2)O1.CS(=O)(=O)NC(=O)C1CCCCC1.O=C(NO)C1CCCCC1.O=C(O)C1CCCCC1. The first kappa shape index (κ1) is 94.2. The Morgan fingerprint density at radius 3 is 1.30 bits per heavy atom. The summed E-state index contributed by atoms with van der Waals surface area (Å²) >= 11 is 5.29. The zero-order valence-electron chi connectivity index (χ0n) is 69.3. The summed E-state index contributed by atoms with van der Waals surface area (Å²) in [6.45, 7) is 24.2. The summed E-state index contributed by atoms with van der Waals surface area (Å²) in [5, 5.41) is 38.6. The Bertz CT molecular complexity index is 3270. The number of aliphatic imine (C=N–C) groups is 5. The standard InChI is InChI=1S/C10H15NO.2C10H15NS.2C9H14N2O.C9H14N2S.C8H15NO3S.C7H12N4.C7H13NO2.C7H12O2/c2*1-8-7-12-10(11-8)9-5-3-2-4-6-9;1-8-7-11-10(12-8)9-5-3-2-4-6-9;1-7-10-11-9(12-7)8-5-3-2-4-6-8;2*1-7-10-9(11-12-7)8-5-3-2-4-6-8;1-13(11,12)9-8(10)7-5-3-2-4-6-7;1-2-4-6(5-3-1)7-8-10-11-9-7;9-7(8-10)6-4-2-1-3-5-6;8-7(9)6-4-2-1-3-5-6/h3*9H,1-7H2;8,10H,1-6H2;2*8H,1-6H2,(H,10,11);7H,2-6H2,1H3,(H,9,10);6H,1-5H2,(H,8,9,10,11);6,10H,1-5H2,(H,8,9);6H,1-5H2,(H,8,9). The van der Waals surface area contributed by atoms with Gasteiger partial charge in [-0.2, -0.15) is 10.2 Å². The molecule has 0 bridgehead atoms. The number of H-pyrrole nitrogens is 1. The van der Waals surface area contributed by atoms with E-state index in [1.54, 1.807) is 17.4 Å². The van der Waals surface area contributed by atoms with E-state index in [1.807, 2.05) is 28.2 Å². The van der Waals surface area contributed by atoms with E-state index in [0.717, 1.165) is 154 Å². The number of amidine groups is 2. The van der Waals surface area contributed by atoms with Crippen molar-refractivity contribution in [3.63, 3.8) is 0 Å². The van der Waals surface area contributed by atoms with E-state index in [0.29, 0.717) is 48.0 Å². The van der Waals surface area contributed by atoms with Crippen molar-refractivity contribution in [2.45, 2.75) is 327 Å². The molecule has 0 atom stereocenters. The number of hydrazone groups is 1. The van der Waals surface area contributed by atoms with E-state index < -0.39 is 16.0 Å². The highest BCUT2D eigenvalue weighted by molar-refractivity contribution is 8.17. The average Bonchev–Trinajstić information content (AvgIpc) is 1.34. The predicted molar refractivity (Wildman–Crippen MR) is 469 cm³/mol. The Hall–Kier alpha value is -6.30. The number of amides is 2. The molecule has 0 radical (unpaired) electrons. The van der Waals surface area contributed by atoms with E-state index in [9.17, 15) is 22.8 Å². The smallest absolute Gasteiger partial charge is 0.306 e. The van der Waals surface area contributed by atoms with Crippen molar-refractivity contribution in [3.8, 4) is 0 Å². The molecule has 0 aromatic carbocycles. The van der Waals surface area contributed by atoms with E-state index in [2.05, 4.69) is 106 Å². The van der Waals surface area contributed by atoms with Crippen molar-refractivity contribution >= 4 is 96.8 Å². The molecule has 1 aromatic heterocycles. The number of sulfonamides is 1. The van der Waals surface area contributed by atoms with Crippen LogP contribution in [0.3, 0.4) is 0 Å². The van der Waals surface area contributed by atoms with Crippen LogP contribution in [-0.2, 0) is 38.7 Å². The lowest BCUT2D eigenvalue weighted by Gasteiger charge is -2.20. The second-order valence-corrected chi connectivity index (χ2v) is 38.2. The van der Waals surface area contributed by atoms with Crippen LogP contribution in [0.15, 0.2) is 103 Å². The second kappa shape index (κ2) is 53.3. The Morgan fingerprint density at radius 2 is 0.939 bits per heavy atom. The highest BCUT2D eigenvalue weighted by Gasteiger charge is 2.31. The number of aliphatic carboxylic acids is 1. The van der Waals surface area contributed by atoms with Gasteiger partial charge in [-0.25, -0.2) is 34.8 Å². The summed E-state index contributed by atoms with van der Waals surface area (Å²) in [5.74, 6) is 10.3. The lowest BCUT2D eigenvalue weighted by molar-refractivity contribution is -0.142. The van der Waals surface area contributed by atoms with Crippen LogP contribution in [0.5, 0.6) is 0 Å². The van der Waals surface area contributed by atoms with Crippen molar-refractivity contribution in [1.82, 2.24) is 46.5 Å². The molecule has 10 saturated carbocycles. The molecule has 6 aliphatic heterocycles. The number of nitrogens with one attached hydrogen (secondary N) is 6. The van der Waals surface area contributed by atoms with Crippen molar-refractivity contribution in [1.29, 1.82) is 0 Å². The Kier molecular flexibility index (Phi) is 43.6. The first-order valence-electron chi connectivity index (χ1n) is 44.0. The van der Waals surface area contributed by atoms with Crippen LogP contribution in [0.25, 0.3) is 0 Å². The minimum atomic E-state index is -3.37. The van der Waals surface area contributed by atoms with Crippen LogP contribution in [0, 0.1) is 53.3 Å². The van der Waals surface area contributed by atoms with Gasteiger partial charge in [0.15, 0.2) is 11.7 Å². The number of carboxylic acid groups (broad SMARTS) is 1. The number of aromatic nitrogens is 4. The van der Waals surface area contributed by atoms with Gasteiger partial charge in [-0.15, -0.1) is 27.1 Å². The number of carbonyl (C=O) groups excluding carboxylic acids is 2. The van der Waals surface area contributed by atoms with Gasteiger partial charge in [0, 0.05) is 81.6 Å². The summed E-state index contributed by atoms with van der Waals surface area (Å²) in [6, 6.07) is 0. The maximum atomic E-state index is 11.3. The molecule has 0 saturated heterocycles. The van der Waals surface area contributed by atoms with Crippen molar-refractivity contribution < 1.29 is 47.4 Å². The molecular weight excluding hydrogens is 1530 g/mol. The molecule has 0 spiro atoms. The summed E-state index contributed by atoms with van der Waals surface area (Å²) in [6.07, 6.45) is 63.0. The third-order valence-electron chi connectivity index (χ3n) is 24.0. The summed E-state index contributed by atoms with van der Waals surface area (Å²) in [4.78, 5) is 60.6. The quantitative estimate of drug-likeness (QED) is 0.0579. The fourth-order valence-corrected chi connectivity index (χ4v) is 20.6. The van der Waals surface area contributed by atoms with Gasteiger partial charge in [0.2, 0.25) is 39.5 Å². The molecule has 10 fully saturated rings. The lowest BCUT2D eigenvalue weighted by Crippen LogP contribution is -2.35. The van der Waals surface area contributed by atoms with Crippen LogP contribution in [0.2, 0.25) is 0 Å². The van der Waals surface area contributed by atoms with Crippen LogP contribution >= 0.6 is 35.5 Å². The van der Waals surface area contributed by atoms with E-state index in [4.69, 9.17) is 24.6 Å². The van der Waals surface area contributed by atoms with Crippen molar-refractivity contribution in [2.24, 2.45) is 83.3 Å². The van der Waals surface area contributed by atoms with Gasteiger partial charge in [-0.1, -0.05) is 236 Å². The first-order valence-corrected chi connectivity index (χ1v) is 48.5. The third-order valence-corrected chi connectivity index (χ3v) is 27.5. The number of aromatic amines is 1. The fourth-order valence-electron chi connectivity index (χ4n) is 17.4. The summed E-state index contributed by atoms with van der Waals surface area (Å²) in [7, 11) is -3.37. The molecule has 115 heavy (non-hydrogen) atoms. The number of hydrogen-bond donors (Lipinski definition) is 8. The molecular formula is C86H139N15O10S4. The molecule has 8 N–H and O–H groups in total. The van der Waals surface area contributed by atoms with Gasteiger partial charge < -0.3 is 24.1 Å². The van der Waals surface area contributed by atoms with Crippen LogP contribution in [0.1, 0.15) is 333 Å². The Labute approximate surface area is 700 Å². The van der Waals surface area contributed by atoms with E-state index >= 15 is 0 Å². The number of hydroxylamine groups is 2. The molecule has 10 aliphatic carbocycles. The highest BCUT2D eigenvalue weighted by atomic mass is 32.2. The van der Waals surface area contributed by atoms with Gasteiger partial charge in [0.1, 0.15) is 23.3 Å². The number of thioether (sulfide) groups is 2. The zero-order valence-corrected chi connectivity index (χ0v) is 72.6. The zero-order chi connectivity index (χ0) is 81.8. The molecule has 1 aromatic rings. The second-order valence-electron chi connectivity index (χ2n) is 33.4. The van der Waals surface area contributed by atoms with Gasteiger partial charge >= 0.3 is 5.97 Å². The van der Waals surface area contributed by atoms with Gasteiger partial charge in [-0.05, 0) is 142 Å². The number of nitrogens with zero attached hydrogens (tertiary/aromatic N) is 9. The third kappa shape index (κ3) is 36.4. The minimum Gasteiger partial charge on any atom is -0.481 e. The predicted octanol–water partition coefficient (Wildman–Crippen LogP) is 20.2. The van der Waals surface area contributed by atoms with Crippen LogP contribution < -0.4 is 25.8 Å². The highest BCUT2D eigenvalue weighted by Crippen LogP contribution is 2.38. The Morgan fingerprint density at radius 1 is 0.496 bits per heavy atom. The minimum absolute atomic E-state index is 0.0289. The first-order chi connectivity index (χ1) is 55.8. The maximum absolute atomic E-state index is 11.3. The van der Waals surface area contributed by atoms with Crippen LogP contribution in [0.4, 0.5) is 0 Å². The summed E-state index contributed by atoms with van der Waals surface area (Å²) in [5.41, 5.74) is 9.22. The number of ether oxygens (including phenoxy) is 2. The molecule has 2 amide bonds. The largest absolute Gasteiger partial charge is 0.481 e. The number of carboxylic acids is 1. The monoisotopic (exact) mass is 1670 g/mol. The normalized spacial score (nSPS) is 23.5. The fraction of sp³-hybridized carbons (Fsp3) is 0.744. The lowest BCUT2D eigenvalue weighted by atomic mass is 9.88. The number of hydrogen-bond acceptors (Lipinski definition) is 24. The molecule has 17 rings (SSSR count). The molecule has 16 aliphatic rings. The Balaban J connectivity index is 0.000000160. The average molecular weight is 1670 g/mol. The topological polar surface area (TPSA) is 342 Å².